The summed E-state index contributed by atoms with van der Waals surface area (Å²) in [7, 11) is 0. The molecule has 120 valence electrons. The van der Waals surface area contributed by atoms with Crippen molar-refractivity contribution in [1.29, 1.82) is 0 Å². The molecule has 0 unspecified atom stereocenters. The molecule has 0 spiro atoms. The zero-order chi connectivity index (χ0) is 15.1. The third-order valence-corrected chi connectivity index (χ3v) is 4.90. The number of thiazole rings is 1. The van der Waals surface area contributed by atoms with Crippen molar-refractivity contribution in [2.24, 2.45) is 0 Å². The van der Waals surface area contributed by atoms with E-state index in [2.05, 4.69) is 24.1 Å². The van der Waals surface area contributed by atoms with Gasteiger partial charge in [-0.15, -0.1) is 11.3 Å². The molecular weight excluding hydrogens is 282 g/mol. The average Bonchev–Trinajstić information content (AvgIpc) is 3.23. The molecule has 1 fully saturated rings. The van der Waals surface area contributed by atoms with Gasteiger partial charge in [0.2, 0.25) is 0 Å². The van der Waals surface area contributed by atoms with E-state index in [1.807, 2.05) is 18.3 Å². The topological polar surface area (TPSA) is 37.4 Å². The molecule has 1 aromatic rings. The van der Waals surface area contributed by atoms with E-state index in [4.69, 9.17) is 9.72 Å². The number of nitrogens with zero attached hydrogens (tertiary/aromatic N) is 2. The van der Waals surface area contributed by atoms with Crippen molar-refractivity contribution in [3.8, 4) is 0 Å². The smallest absolute Gasteiger partial charge is 0.185 e. The molecule has 2 rings (SSSR count). The van der Waals surface area contributed by atoms with Gasteiger partial charge in [-0.05, 0) is 33.1 Å². The molecule has 0 radical (unpaired) electrons. The molecule has 5 heteroatoms. The molecule has 1 aromatic heterocycles. The minimum atomic E-state index is 0.755. The van der Waals surface area contributed by atoms with Crippen LogP contribution in [0, 0.1) is 0 Å². The summed E-state index contributed by atoms with van der Waals surface area (Å²) in [4.78, 5) is 8.66. The first-order chi connectivity index (χ1) is 10.3. The lowest BCUT2D eigenvalue weighted by atomic mass is 10.2. The maximum absolute atomic E-state index is 5.48. The van der Waals surface area contributed by atoms with E-state index in [1.54, 1.807) is 0 Å². The Morgan fingerprint density at radius 2 is 2.14 bits per heavy atom. The van der Waals surface area contributed by atoms with E-state index in [9.17, 15) is 0 Å². The Bertz CT molecular complexity index is 418. The molecule has 1 saturated carbocycles. The first-order valence-electron chi connectivity index (χ1n) is 8.33. The van der Waals surface area contributed by atoms with Crippen LogP contribution in [0.5, 0.6) is 0 Å². The van der Waals surface area contributed by atoms with Crippen LogP contribution in [-0.2, 0) is 17.7 Å². The van der Waals surface area contributed by atoms with Gasteiger partial charge in [0, 0.05) is 37.2 Å². The number of rotatable bonds is 11. The summed E-state index contributed by atoms with van der Waals surface area (Å²) in [5.41, 5.74) is 1.29. The highest BCUT2D eigenvalue weighted by molar-refractivity contribution is 7.15. The van der Waals surface area contributed by atoms with Crippen LogP contribution in [-0.4, -0.2) is 37.3 Å². The maximum Gasteiger partial charge on any atom is 0.185 e. The largest absolute Gasteiger partial charge is 0.380 e. The van der Waals surface area contributed by atoms with Gasteiger partial charge in [-0.3, -0.25) is 0 Å². The summed E-state index contributed by atoms with van der Waals surface area (Å²) >= 11 is 1.86. The number of nitrogens with one attached hydrogen (secondary N) is 1. The number of hydrogen-bond donors (Lipinski definition) is 1. The minimum absolute atomic E-state index is 0.755. The number of ether oxygens (including phenoxy) is 1. The molecule has 0 saturated heterocycles. The predicted octanol–water partition coefficient (Wildman–Crippen LogP) is 3.21. The first kappa shape index (κ1) is 16.7. The highest BCUT2D eigenvalue weighted by Crippen LogP contribution is 2.28. The average molecular weight is 311 g/mol. The highest BCUT2D eigenvalue weighted by atomic mass is 32.1. The third kappa shape index (κ3) is 5.24. The first-order valence-corrected chi connectivity index (χ1v) is 9.14. The van der Waals surface area contributed by atoms with Crippen molar-refractivity contribution in [2.75, 3.05) is 31.2 Å². The maximum atomic E-state index is 5.48. The van der Waals surface area contributed by atoms with Gasteiger partial charge in [-0.1, -0.05) is 13.3 Å². The van der Waals surface area contributed by atoms with Gasteiger partial charge in [0.1, 0.15) is 0 Å². The fraction of sp³-hybridized carbons (Fsp3) is 0.812. The lowest BCUT2D eigenvalue weighted by molar-refractivity contribution is 0.154. The summed E-state index contributed by atoms with van der Waals surface area (Å²) in [6.07, 6.45) is 4.92. The van der Waals surface area contributed by atoms with E-state index in [-0.39, 0.29) is 0 Å². The van der Waals surface area contributed by atoms with Crippen LogP contribution < -0.4 is 10.2 Å². The van der Waals surface area contributed by atoms with Crippen molar-refractivity contribution >= 4 is 16.5 Å². The SMILES string of the molecule is CCCc1nc(N(CC)CCOCC)sc1CNC1CC1. The van der Waals surface area contributed by atoms with E-state index in [0.717, 1.165) is 56.9 Å². The monoisotopic (exact) mass is 311 g/mol. The van der Waals surface area contributed by atoms with Gasteiger partial charge in [0.15, 0.2) is 5.13 Å². The number of aromatic nitrogens is 1. The van der Waals surface area contributed by atoms with Crippen LogP contribution in [0.25, 0.3) is 0 Å². The molecule has 0 amide bonds. The second kappa shape index (κ2) is 8.71. The lowest BCUT2D eigenvalue weighted by Crippen LogP contribution is -2.27. The number of likely N-dealkylation sites (N-methyl/N-ethyl adjacent to an activating group) is 1. The Morgan fingerprint density at radius 3 is 2.76 bits per heavy atom. The summed E-state index contributed by atoms with van der Waals surface area (Å²) in [6.45, 7) is 10.9. The van der Waals surface area contributed by atoms with Crippen molar-refractivity contribution in [3.63, 3.8) is 0 Å². The number of hydrogen-bond acceptors (Lipinski definition) is 5. The Kier molecular flexibility index (Phi) is 6.93. The van der Waals surface area contributed by atoms with E-state index >= 15 is 0 Å². The van der Waals surface area contributed by atoms with Gasteiger partial charge >= 0.3 is 0 Å². The molecule has 0 aliphatic heterocycles. The van der Waals surface area contributed by atoms with Gasteiger partial charge in [-0.2, -0.15) is 0 Å². The number of anilines is 1. The van der Waals surface area contributed by atoms with E-state index in [0.29, 0.717) is 0 Å². The van der Waals surface area contributed by atoms with Crippen LogP contribution in [0.15, 0.2) is 0 Å². The fourth-order valence-corrected chi connectivity index (χ4v) is 3.45. The molecular formula is C16H29N3OS. The Hall–Kier alpha value is -0.650. The molecule has 0 aromatic carbocycles. The Balaban J connectivity index is 2.00. The van der Waals surface area contributed by atoms with Crippen molar-refractivity contribution < 1.29 is 4.74 Å². The van der Waals surface area contributed by atoms with Crippen LogP contribution in [0.2, 0.25) is 0 Å². The zero-order valence-corrected chi connectivity index (χ0v) is 14.5. The predicted molar refractivity (Wildman–Crippen MR) is 90.4 cm³/mol. The van der Waals surface area contributed by atoms with E-state index in [1.165, 1.54) is 23.4 Å². The Labute approximate surface area is 132 Å². The lowest BCUT2D eigenvalue weighted by Gasteiger charge is -2.19. The van der Waals surface area contributed by atoms with Gasteiger partial charge in [0.05, 0.1) is 12.3 Å². The van der Waals surface area contributed by atoms with Gasteiger partial charge < -0.3 is 15.0 Å². The molecule has 1 aliphatic rings. The van der Waals surface area contributed by atoms with Gasteiger partial charge in [0.25, 0.3) is 0 Å². The van der Waals surface area contributed by atoms with Crippen molar-refractivity contribution in [1.82, 2.24) is 10.3 Å². The second-order valence-electron chi connectivity index (χ2n) is 5.55. The van der Waals surface area contributed by atoms with Gasteiger partial charge in [-0.25, -0.2) is 4.98 Å². The minimum Gasteiger partial charge on any atom is -0.380 e. The molecule has 21 heavy (non-hydrogen) atoms. The normalized spacial score (nSPS) is 14.6. The van der Waals surface area contributed by atoms with Crippen LogP contribution in [0.1, 0.15) is 50.6 Å². The van der Waals surface area contributed by atoms with E-state index < -0.39 is 0 Å². The van der Waals surface area contributed by atoms with Crippen LogP contribution in [0.4, 0.5) is 5.13 Å². The quantitative estimate of drug-likeness (QED) is 0.637. The van der Waals surface area contributed by atoms with Crippen LogP contribution >= 0.6 is 11.3 Å². The molecule has 1 aliphatic carbocycles. The van der Waals surface area contributed by atoms with Crippen molar-refractivity contribution in [2.45, 2.75) is 59.0 Å². The zero-order valence-electron chi connectivity index (χ0n) is 13.7. The number of aryl methyl sites for hydroxylation is 1. The van der Waals surface area contributed by atoms with Crippen molar-refractivity contribution in [3.05, 3.63) is 10.6 Å². The standard InChI is InChI=1S/C16H29N3OS/c1-4-7-14-15(12-17-13-8-9-13)21-16(18-14)19(5-2)10-11-20-6-3/h13,17H,4-12H2,1-3H3. The third-order valence-electron chi connectivity index (χ3n) is 3.74. The summed E-state index contributed by atoms with van der Waals surface area (Å²) < 4.78 is 5.48. The molecule has 0 atom stereocenters. The summed E-state index contributed by atoms with van der Waals surface area (Å²) in [5.74, 6) is 0. The molecule has 1 N–H and O–H groups in total. The second-order valence-corrected chi connectivity index (χ2v) is 6.61. The Morgan fingerprint density at radius 1 is 1.33 bits per heavy atom. The summed E-state index contributed by atoms with van der Waals surface area (Å²) in [5, 5.41) is 4.78. The molecule has 1 heterocycles. The molecule has 4 nitrogen and oxygen atoms in total. The molecule has 0 bridgehead atoms. The fourth-order valence-electron chi connectivity index (χ4n) is 2.31. The van der Waals surface area contributed by atoms with Crippen LogP contribution in [0.3, 0.4) is 0 Å². The highest BCUT2D eigenvalue weighted by Gasteiger charge is 2.22. The summed E-state index contributed by atoms with van der Waals surface area (Å²) in [6, 6.07) is 0.755.